The molecule has 10 nitrogen and oxygen atoms in total. The predicted molar refractivity (Wildman–Crippen MR) is 96.7 cm³/mol. The number of aliphatic hydroxyl groups is 4. The van der Waals surface area contributed by atoms with Crippen LogP contribution in [0.4, 0.5) is 0 Å². The molecule has 2 aliphatic rings. The third-order valence-corrected chi connectivity index (χ3v) is 4.57. The second-order valence-corrected chi connectivity index (χ2v) is 6.50. The molecule has 146 valence electrons. The number of hydrogen-bond donors (Lipinski definition) is 5. The van der Waals surface area contributed by atoms with Crippen LogP contribution in [0.15, 0.2) is 21.7 Å². The van der Waals surface area contributed by atoms with Crippen LogP contribution in [-0.4, -0.2) is 64.9 Å². The predicted octanol–water partition coefficient (Wildman–Crippen LogP) is -4.61. The van der Waals surface area contributed by atoms with Crippen LogP contribution in [0, 0.1) is 13.8 Å². The number of rotatable bonds is 5. The van der Waals surface area contributed by atoms with Crippen molar-refractivity contribution < 1.29 is 51.4 Å². The SMILES string of the molecule is Cc1cc2nc3c(=O)[nH]c(=O)nc-3n(C[C@H](O)[C@H](O)[C@H](O)CO)c2cc1C.[H-].[Na+]. The molecule has 2 aliphatic heterocycles. The Kier molecular flexibility index (Phi) is 7.10. The second kappa shape index (κ2) is 8.78. The molecule has 1 aromatic carbocycles. The molecule has 11 heteroatoms. The minimum atomic E-state index is -1.64. The maximum atomic E-state index is 12.2. The van der Waals surface area contributed by atoms with E-state index in [0.29, 0.717) is 11.0 Å². The van der Waals surface area contributed by atoms with Crippen molar-refractivity contribution in [3.05, 3.63) is 44.1 Å². The van der Waals surface area contributed by atoms with Gasteiger partial charge in [-0.3, -0.25) is 9.78 Å². The van der Waals surface area contributed by atoms with E-state index in [2.05, 4.69) is 15.0 Å². The van der Waals surface area contributed by atoms with Crippen molar-refractivity contribution in [2.75, 3.05) is 6.61 Å². The van der Waals surface area contributed by atoms with Gasteiger partial charge in [0.15, 0.2) is 11.5 Å². The van der Waals surface area contributed by atoms with Gasteiger partial charge < -0.3 is 26.4 Å². The molecule has 0 spiro atoms. The molecule has 0 saturated carbocycles. The van der Waals surface area contributed by atoms with E-state index in [4.69, 9.17) is 5.11 Å². The normalized spacial score (nSPS) is 14.6. The fraction of sp³-hybridized carbons (Fsp3) is 0.412. The zero-order valence-electron chi connectivity index (χ0n) is 16.7. The van der Waals surface area contributed by atoms with Gasteiger partial charge in [-0.25, -0.2) is 9.78 Å². The number of aromatic nitrogens is 4. The first kappa shape index (κ1) is 22.6. The fourth-order valence-electron chi connectivity index (χ4n) is 2.89. The summed E-state index contributed by atoms with van der Waals surface area (Å²) in [4.78, 5) is 34.0. The Bertz CT molecular complexity index is 1090. The third kappa shape index (κ3) is 4.18. The van der Waals surface area contributed by atoms with Crippen molar-refractivity contribution in [2.24, 2.45) is 0 Å². The van der Waals surface area contributed by atoms with Crippen LogP contribution in [-0.2, 0) is 6.54 Å². The van der Waals surface area contributed by atoms with Crippen molar-refractivity contribution in [1.29, 1.82) is 0 Å². The van der Waals surface area contributed by atoms with Gasteiger partial charge in [-0.2, -0.15) is 4.98 Å². The Morgan fingerprint density at radius 2 is 1.75 bits per heavy atom. The van der Waals surface area contributed by atoms with Crippen molar-refractivity contribution >= 4 is 11.0 Å². The summed E-state index contributed by atoms with van der Waals surface area (Å²) < 4.78 is 1.40. The molecule has 0 unspecified atom stereocenters. The molecule has 3 rings (SSSR count). The fourth-order valence-corrected chi connectivity index (χ4v) is 2.89. The summed E-state index contributed by atoms with van der Waals surface area (Å²) >= 11 is 0. The molecule has 0 amide bonds. The second-order valence-electron chi connectivity index (χ2n) is 6.50. The Morgan fingerprint density at radius 3 is 2.39 bits per heavy atom. The minimum Gasteiger partial charge on any atom is -1.00 e. The van der Waals surface area contributed by atoms with E-state index in [1.807, 2.05) is 13.8 Å². The maximum absolute atomic E-state index is 12.2. The quantitative estimate of drug-likeness (QED) is 0.211. The number of benzene rings is 1. The molecule has 0 radical (unpaired) electrons. The maximum Gasteiger partial charge on any atom is 1.00 e. The molecule has 3 atom stereocenters. The van der Waals surface area contributed by atoms with Gasteiger partial charge in [0.2, 0.25) is 0 Å². The van der Waals surface area contributed by atoms with Crippen molar-refractivity contribution in [3.63, 3.8) is 0 Å². The first-order valence-corrected chi connectivity index (χ1v) is 8.29. The average molecular weight is 400 g/mol. The van der Waals surface area contributed by atoms with Crippen molar-refractivity contribution in [2.45, 2.75) is 38.7 Å². The van der Waals surface area contributed by atoms with Gasteiger partial charge in [0.05, 0.1) is 24.2 Å². The Hall–Kier alpha value is -1.66. The number of nitrogens with one attached hydrogen (secondary N) is 1. The number of H-pyrrole nitrogens is 1. The van der Waals surface area contributed by atoms with Crippen LogP contribution in [0.5, 0.6) is 0 Å². The summed E-state index contributed by atoms with van der Waals surface area (Å²) in [6.45, 7) is 2.73. The van der Waals surface area contributed by atoms with Gasteiger partial charge in [0.1, 0.15) is 18.3 Å². The van der Waals surface area contributed by atoms with Gasteiger partial charge >= 0.3 is 35.2 Å². The Balaban J connectivity index is 0.00000210. The van der Waals surface area contributed by atoms with E-state index < -0.39 is 36.2 Å². The monoisotopic (exact) mass is 400 g/mol. The molecule has 5 N–H and O–H groups in total. The van der Waals surface area contributed by atoms with Gasteiger partial charge in [-0.1, -0.05) is 0 Å². The van der Waals surface area contributed by atoms with E-state index in [-0.39, 0.29) is 49.0 Å². The van der Waals surface area contributed by atoms with E-state index in [1.54, 1.807) is 12.1 Å². The van der Waals surface area contributed by atoms with Gasteiger partial charge in [-0.05, 0) is 37.1 Å². The molecule has 1 aromatic rings. The molecule has 0 aromatic heterocycles. The standard InChI is InChI=1S/C17H20N4O6.Na.H/c1-7-3-9-10(4-8(7)2)21(5-11(23)14(25)12(24)6-22)15-13(18-9)16(26)20-17(27)19-15;;/h3-4,11-12,14,22-25H,5-6H2,1-2H3,(H,20,26,27);;/q;+1;-1/t11-,12+,14-;;/m0../s1. The Labute approximate surface area is 182 Å². The third-order valence-electron chi connectivity index (χ3n) is 4.57. The molecular weight excluding hydrogens is 379 g/mol. The van der Waals surface area contributed by atoms with Crippen molar-refractivity contribution in [1.82, 2.24) is 19.5 Å². The zero-order valence-corrected chi connectivity index (χ0v) is 17.7. The molecule has 0 bridgehead atoms. The summed E-state index contributed by atoms with van der Waals surface area (Å²) in [7, 11) is 0. The topological polar surface area (TPSA) is 162 Å². The van der Waals surface area contributed by atoms with E-state index in [0.717, 1.165) is 11.1 Å². The van der Waals surface area contributed by atoms with Crippen LogP contribution in [0.25, 0.3) is 22.6 Å². The van der Waals surface area contributed by atoms with Crippen LogP contribution in [0.1, 0.15) is 12.6 Å². The Morgan fingerprint density at radius 1 is 1.11 bits per heavy atom. The average Bonchev–Trinajstić information content (AvgIpc) is 2.62. The number of aromatic amines is 1. The van der Waals surface area contributed by atoms with Crippen molar-refractivity contribution in [3.8, 4) is 11.5 Å². The van der Waals surface area contributed by atoms with Crippen LogP contribution in [0.2, 0.25) is 0 Å². The minimum absolute atomic E-state index is 0. The number of aryl methyl sites for hydroxylation is 2. The van der Waals surface area contributed by atoms with E-state index >= 15 is 0 Å². The summed E-state index contributed by atoms with van der Waals surface area (Å²) in [5, 5.41) is 38.8. The molecule has 0 aliphatic carbocycles. The van der Waals surface area contributed by atoms with E-state index in [9.17, 15) is 24.9 Å². The number of hydrogen-bond acceptors (Lipinski definition) is 8. The zero-order chi connectivity index (χ0) is 19.9. The number of aliphatic hydroxyl groups excluding tert-OH is 4. The van der Waals surface area contributed by atoms with Gasteiger partial charge in [0, 0.05) is 0 Å². The number of fused-ring (bicyclic) bond motifs is 2. The summed E-state index contributed by atoms with van der Waals surface area (Å²) in [6, 6.07) is 3.53. The molecular formula is C17H21N4NaO6. The summed E-state index contributed by atoms with van der Waals surface area (Å²) in [5.74, 6) is -0.0516. The van der Waals surface area contributed by atoms with Crippen LogP contribution >= 0.6 is 0 Å². The summed E-state index contributed by atoms with van der Waals surface area (Å²) in [5.41, 5.74) is 1.11. The first-order valence-electron chi connectivity index (χ1n) is 8.29. The first-order chi connectivity index (χ1) is 12.7. The molecule has 2 heterocycles. The molecule has 28 heavy (non-hydrogen) atoms. The molecule has 0 fully saturated rings. The smallest absolute Gasteiger partial charge is 1.00 e. The van der Waals surface area contributed by atoms with Gasteiger partial charge in [-0.15, -0.1) is 0 Å². The van der Waals surface area contributed by atoms with Gasteiger partial charge in [0.25, 0.3) is 5.56 Å². The van der Waals surface area contributed by atoms with E-state index in [1.165, 1.54) is 4.57 Å². The molecule has 0 saturated heterocycles. The van der Waals surface area contributed by atoms with Crippen LogP contribution < -0.4 is 40.8 Å². The largest absolute Gasteiger partial charge is 1.00 e. The number of nitrogens with zero attached hydrogens (tertiary/aromatic N) is 3. The summed E-state index contributed by atoms with van der Waals surface area (Å²) in [6.07, 6.45) is -4.68. The van der Waals surface area contributed by atoms with Crippen LogP contribution in [0.3, 0.4) is 0 Å².